The minimum Gasteiger partial charge on any atom is -0.504 e. The van der Waals surface area contributed by atoms with Crippen molar-refractivity contribution in [2.75, 3.05) is 21.3 Å². The molecule has 2 aromatic carbocycles. The van der Waals surface area contributed by atoms with Gasteiger partial charge in [-0.2, -0.15) is 0 Å². The highest BCUT2D eigenvalue weighted by atomic mass is 16.5. The second-order valence-corrected chi connectivity index (χ2v) is 5.50. The van der Waals surface area contributed by atoms with E-state index in [4.69, 9.17) is 18.9 Å². The molecular formula is C18H18O7. The van der Waals surface area contributed by atoms with Crippen molar-refractivity contribution in [1.82, 2.24) is 0 Å². The highest BCUT2D eigenvalue weighted by Crippen LogP contribution is 2.48. The van der Waals surface area contributed by atoms with Gasteiger partial charge in [-0.25, -0.2) is 0 Å². The molecule has 0 spiro atoms. The maximum atomic E-state index is 12.6. The van der Waals surface area contributed by atoms with Crippen molar-refractivity contribution in [1.29, 1.82) is 0 Å². The van der Waals surface area contributed by atoms with Crippen LogP contribution in [0.5, 0.6) is 34.5 Å². The Hall–Kier alpha value is -3.09. The summed E-state index contributed by atoms with van der Waals surface area (Å²) in [5.74, 6) is 0.222. The second-order valence-electron chi connectivity index (χ2n) is 5.50. The standard InChI is InChI=1S/C18H18O7/c1-22-12-5-4-9(6-10(12)19)13-7-11(20)16-14(25-13)8-15(23-2)17(21)18(16)24-3/h4-6,8,13,19,21H,7H2,1-3H3. The van der Waals surface area contributed by atoms with Crippen molar-refractivity contribution >= 4 is 5.78 Å². The van der Waals surface area contributed by atoms with Crippen LogP contribution in [-0.2, 0) is 0 Å². The van der Waals surface area contributed by atoms with E-state index in [1.165, 1.54) is 33.5 Å². The molecule has 0 amide bonds. The number of aromatic hydroxyl groups is 2. The number of phenols is 2. The van der Waals surface area contributed by atoms with E-state index in [0.717, 1.165) is 0 Å². The number of phenolic OH excluding ortho intramolecular Hbond substituents is 2. The Morgan fingerprint density at radius 1 is 1.04 bits per heavy atom. The van der Waals surface area contributed by atoms with Crippen molar-refractivity contribution in [3.05, 3.63) is 35.4 Å². The Kier molecular flexibility index (Phi) is 4.31. The number of Topliss-reactive ketones (excluding diaryl/α,β-unsaturated/α-hetero) is 1. The van der Waals surface area contributed by atoms with E-state index < -0.39 is 6.10 Å². The fraction of sp³-hybridized carbons (Fsp3) is 0.278. The van der Waals surface area contributed by atoms with E-state index >= 15 is 0 Å². The molecule has 0 radical (unpaired) electrons. The number of carbonyl (C=O) groups is 1. The quantitative estimate of drug-likeness (QED) is 0.879. The van der Waals surface area contributed by atoms with Crippen LogP contribution >= 0.6 is 0 Å². The van der Waals surface area contributed by atoms with Gasteiger partial charge in [0.05, 0.1) is 27.8 Å². The normalized spacial score (nSPS) is 16.0. The van der Waals surface area contributed by atoms with Crippen molar-refractivity contribution in [2.45, 2.75) is 12.5 Å². The maximum Gasteiger partial charge on any atom is 0.201 e. The first kappa shape index (κ1) is 16.8. The van der Waals surface area contributed by atoms with Crippen LogP contribution in [0, 0.1) is 0 Å². The molecule has 0 bridgehead atoms. The number of benzene rings is 2. The molecule has 1 heterocycles. The number of carbonyl (C=O) groups excluding carboxylic acids is 1. The molecule has 0 saturated carbocycles. The van der Waals surface area contributed by atoms with Crippen LogP contribution in [0.4, 0.5) is 0 Å². The minimum absolute atomic E-state index is 0.0235. The van der Waals surface area contributed by atoms with Gasteiger partial charge in [-0.1, -0.05) is 6.07 Å². The topological polar surface area (TPSA) is 94.5 Å². The Morgan fingerprint density at radius 3 is 2.36 bits per heavy atom. The monoisotopic (exact) mass is 346 g/mol. The summed E-state index contributed by atoms with van der Waals surface area (Å²) in [5, 5.41) is 20.1. The number of ether oxygens (including phenoxy) is 4. The fourth-order valence-electron chi connectivity index (χ4n) is 2.87. The second kappa shape index (κ2) is 6.43. The summed E-state index contributed by atoms with van der Waals surface area (Å²) in [4.78, 5) is 12.6. The summed E-state index contributed by atoms with van der Waals surface area (Å²) in [5.41, 5.74) is 0.804. The third kappa shape index (κ3) is 2.77. The molecular weight excluding hydrogens is 328 g/mol. The van der Waals surface area contributed by atoms with Crippen LogP contribution in [0.15, 0.2) is 24.3 Å². The molecule has 132 valence electrons. The summed E-state index contributed by atoms with van der Waals surface area (Å²) in [6.45, 7) is 0. The number of fused-ring (bicyclic) bond motifs is 1. The molecule has 25 heavy (non-hydrogen) atoms. The van der Waals surface area contributed by atoms with E-state index in [2.05, 4.69) is 0 Å². The zero-order valence-corrected chi connectivity index (χ0v) is 14.0. The van der Waals surface area contributed by atoms with E-state index in [1.54, 1.807) is 12.1 Å². The molecule has 7 heteroatoms. The number of ketones is 1. The Bertz CT molecular complexity index is 829. The Labute approximate surface area is 144 Å². The first-order valence-corrected chi connectivity index (χ1v) is 7.54. The van der Waals surface area contributed by atoms with Crippen molar-refractivity contribution < 1.29 is 34.0 Å². The van der Waals surface area contributed by atoms with Crippen molar-refractivity contribution in [3.63, 3.8) is 0 Å². The van der Waals surface area contributed by atoms with E-state index in [0.29, 0.717) is 11.3 Å². The largest absolute Gasteiger partial charge is 0.504 e. The molecule has 0 aromatic heterocycles. The summed E-state index contributed by atoms with van der Waals surface area (Å²) >= 11 is 0. The molecule has 1 unspecified atom stereocenters. The first-order chi connectivity index (χ1) is 12.0. The van der Waals surface area contributed by atoms with Gasteiger partial charge in [0.15, 0.2) is 28.8 Å². The van der Waals surface area contributed by atoms with Gasteiger partial charge in [0.2, 0.25) is 5.75 Å². The third-order valence-corrected chi connectivity index (χ3v) is 4.10. The number of rotatable bonds is 4. The molecule has 7 nitrogen and oxygen atoms in total. The summed E-state index contributed by atoms with van der Waals surface area (Å²) in [6, 6.07) is 6.26. The third-order valence-electron chi connectivity index (χ3n) is 4.10. The number of hydrogen-bond acceptors (Lipinski definition) is 7. The molecule has 0 aliphatic carbocycles. The van der Waals surface area contributed by atoms with Crippen LogP contribution < -0.4 is 18.9 Å². The smallest absolute Gasteiger partial charge is 0.201 e. The first-order valence-electron chi connectivity index (χ1n) is 7.54. The van der Waals surface area contributed by atoms with Crippen molar-refractivity contribution in [3.8, 4) is 34.5 Å². The van der Waals surface area contributed by atoms with Crippen LogP contribution in [-0.4, -0.2) is 37.3 Å². The van der Waals surface area contributed by atoms with Crippen molar-refractivity contribution in [2.24, 2.45) is 0 Å². The van der Waals surface area contributed by atoms with Gasteiger partial charge in [0, 0.05) is 6.07 Å². The zero-order valence-electron chi connectivity index (χ0n) is 14.0. The van der Waals surface area contributed by atoms with E-state index in [9.17, 15) is 15.0 Å². The van der Waals surface area contributed by atoms with E-state index in [1.807, 2.05) is 0 Å². The lowest BCUT2D eigenvalue weighted by atomic mass is 9.95. The lowest BCUT2D eigenvalue weighted by Gasteiger charge is -2.27. The van der Waals surface area contributed by atoms with Gasteiger partial charge < -0.3 is 29.2 Å². The molecule has 3 rings (SSSR count). The highest BCUT2D eigenvalue weighted by Gasteiger charge is 2.34. The SMILES string of the molecule is COc1ccc(C2CC(=O)c3c(cc(OC)c(O)c3OC)O2)cc1O. The Morgan fingerprint density at radius 2 is 1.76 bits per heavy atom. The summed E-state index contributed by atoms with van der Waals surface area (Å²) < 4.78 is 21.2. The average Bonchev–Trinajstić information content (AvgIpc) is 2.61. The van der Waals surface area contributed by atoms with Gasteiger partial charge in [-0.3, -0.25) is 4.79 Å². The molecule has 2 aromatic rings. The molecule has 1 aliphatic heterocycles. The van der Waals surface area contributed by atoms with Gasteiger partial charge in [0.25, 0.3) is 0 Å². The summed E-state index contributed by atoms with van der Waals surface area (Å²) in [6.07, 6.45) is -0.545. The van der Waals surface area contributed by atoms with Gasteiger partial charge in [0.1, 0.15) is 17.4 Å². The van der Waals surface area contributed by atoms with Crippen LogP contribution in [0.2, 0.25) is 0 Å². The van der Waals surface area contributed by atoms with E-state index in [-0.39, 0.29) is 46.5 Å². The molecule has 0 saturated heterocycles. The Balaban J connectivity index is 2.04. The summed E-state index contributed by atoms with van der Waals surface area (Å²) in [7, 11) is 4.21. The number of hydrogen-bond donors (Lipinski definition) is 2. The lowest BCUT2D eigenvalue weighted by molar-refractivity contribution is 0.0842. The number of methoxy groups -OCH3 is 3. The minimum atomic E-state index is -0.587. The predicted octanol–water partition coefficient (Wildman–Crippen LogP) is 2.83. The lowest BCUT2D eigenvalue weighted by Crippen LogP contribution is -2.21. The maximum absolute atomic E-state index is 12.6. The fourth-order valence-corrected chi connectivity index (χ4v) is 2.87. The van der Waals surface area contributed by atoms with Crippen LogP contribution in [0.1, 0.15) is 28.4 Å². The van der Waals surface area contributed by atoms with Gasteiger partial charge in [-0.15, -0.1) is 0 Å². The van der Waals surface area contributed by atoms with Crippen LogP contribution in [0.25, 0.3) is 0 Å². The van der Waals surface area contributed by atoms with Crippen LogP contribution in [0.3, 0.4) is 0 Å². The average molecular weight is 346 g/mol. The molecule has 1 aliphatic rings. The highest BCUT2D eigenvalue weighted by molar-refractivity contribution is 6.03. The molecule has 2 N–H and O–H groups in total. The van der Waals surface area contributed by atoms with Gasteiger partial charge >= 0.3 is 0 Å². The van der Waals surface area contributed by atoms with Gasteiger partial charge in [-0.05, 0) is 17.7 Å². The predicted molar refractivity (Wildman–Crippen MR) is 88.2 cm³/mol. The molecule has 1 atom stereocenters. The zero-order chi connectivity index (χ0) is 18.1. The molecule has 0 fully saturated rings.